The number of hydrogen-bond donors (Lipinski definition) is 1. The Hall–Kier alpha value is -2.48. The lowest BCUT2D eigenvalue weighted by Crippen LogP contribution is -2.42. The molecule has 2 heterocycles. The molecule has 0 radical (unpaired) electrons. The van der Waals surface area contributed by atoms with E-state index >= 15 is 0 Å². The molecule has 1 aromatic heterocycles. The first-order valence-electron chi connectivity index (χ1n) is 9.13. The molecule has 0 aliphatic carbocycles. The molecule has 2 aromatic rings. The van der Waals surface area contributed by atoms with Crippen LogP contribution in [0.15, 0.2) is 36.5 Å². The van der Waals surface area contributed by atoms with Crippen LogP contribution >= 0.6 is 0 Å². The summed E-state index contributed by atoms with van der Waals surface area (Å²) in [5.41, 5.74) is 0.330. The first-order chi connectivity index (χ1) is 13.4. The van der Waals surface area contributed by atoms with E-state index in [1.54, 1.807) is 14.2 Å². The molecule has 0 atom stereocenters. The van der Waals surface area contributed by atoms with Crippen LogP contribution < -0.4 is 19.7 Å². The Morgan fingerprint density at radius 2 is 1.86 bits per heavy atom. The number of pyridine rings is 1. The molecule has 28 heavy (non-hydrogen) atoms. The standard InChI is InChI=1S/C20H24F3N3O2/c1-27-17-5-3-14(18(11-17)28-2)12-24-16-7-9-26(10-8-16)19-6-4-15(13-25-19)20(21,22)23/h3-6,11,13,16,24H,7-10,12H2,1-2H3. The number of rotatable bonds is 6. The van der Waals surface area contributed by atoms with Crippen molar-refractivity contribution in [3.8, 4) is 11.5 Å². The summed E-state index contributed by atoms with van der Waals surface area (Å²) in [5.74, 6) is 2.11. The van der Waals surface area contributed by atoms with E-state index in [2.05, 4.69) is 10.3 Å². The molecule has 1 saturated heterocycles. The molecule has 0 spiro atoms. The highest BCUT2D eigenvalue weighted by molar-refractivity contribution is 5.41. The van der Waals surface area contributed by atoms with Crippen LogP contribution in [0.4, 0.5) is 19.0 Å². The molecule has 3 rings (SSSR count). The van der Waals surface area contributed by atoms with E-state index < -0.39 is 11.7 Å². The molecule has 8 heteroatoms. The fourth-order valence-electron chi connectivity index (χ4n) is 3.31. The number of halogens is 3. The van der Waals surface area contributed by atoms with E-state index in [4.69, 9.17) is 9.47 Å². The molecule has 0 bridgehead atoms. The normalized spacial score (nSPS) is 15.5. The number of benzene rings is 1. The van der Waals surface area contributed by atoms with Crippen LogP contribution in [-0.4, -0.2) is 38.3 Å². The third-order valence-corrected chi connectivity index (χ3v) is 4.97. The van der Waals surface area contributed by atoms with Crippen molar-refractivity contribution < 1.29 is 22.6 Å². The van der Waals surface area contributed by atoms with E-state index in [-0.39, 0.29) is 0 Å². The average molecular weight is 395 g/mol. The summed E-state index contributed by atoms with van der Waals surface area (Å²) in [4.78, 5) is 6.00. The number of piperidine rings is 1. The number of hydrogen-bond acceptors (Lipinski definition) is 5. The zero-order valence-corrected chi connectivity index (χ0v) is 15.9. The molecule has 0 amide bonds. The molecule has 1 aliphatic heterocycles. The van der Waals surface area contributed by atoms with Gasteiger partial charge in [-0.1, -0.05) is 6.07 Å². The van der Waals surface area contributed by atoms with Crippen LogP contribution in [0.2, 0.25) is 0 Å². The lowest BCUT2D eigenvalue weighted by Gasteiger charge is -2.33. The van der Waals surface area contributed by atoms with Crippen LogP contribution in [0.5, 0.6) is 11.5 Å². The Morgan fingerprint density at radius 3 is 2.43 bits per heavy atom. The number of nitrogens with one attached hydrogen (secondary N) is 1. The minimum atomic E-state index is -4.36. The van der Waals surface area contributed by atoms with Crippen molar-refractivity contribution in [2.24, 2.45) is 0 Å². The zero-order chi connectivity index (χ0) is 20.1. The monoisotopic (exact) mass is 395 g/mol. The first-order valence-corrected chi connectivity index (χ1v) is 9.13. The van der Waals surface area contributed by atoms with Gasteiger partial charge in [-0.05, 0) is 31.0 Å². The molecule has 1 fully saturated rings. The van der Waals surface area contributed by atoms with Crippen molar-refractivity contribution in [1.82, 2.24) is 10.3 Å². The number of anilines is 1. The molecule has 0 saturated carbocycles. The highest BCUT2D eigenvalue weighted by atomic mass is 19.4. The molecular weight excluding hydrogens is 371 g/mol. The maximum Gasteiger partial charge on any atom is 0.417 e. The average Bonchev–Trinajstić information content (AvgIpc) is 2.72. The van der Waals surface area contributed by atoms with Gasteiger partial charge in [0.1, 0.15) is 17.3 Å². The highest BCUT2D eigenvalue weighted by Crippen LogP contribution is 2.30. The van der Waals surface area contributed by atoms with Crippen LogP contribution in [0, 0.1) is 0 Å². The highest BCUT2D eigenvalue weighted by Gasteiger charge is 2.31. The van der Waals surface area contributed by atoms with E-state index in [0.29, 0.717) is 18.4 Å². The van der Waals surface area contributed by atoms with Gasteiger partial charge in [0.2, 0.25) is 0 Å². The first kappa shape index (κ1) is 20.3. The fraction of sp³-hybridized carbons (Fsp3) is 0.450. The van der Waals surface area contributed by atoms with Gasteiger partial charge in [-0.15, -0.1) is 0 Å². The minimum Gasteiger partial charge on any atom is -0.497 e. The summed E-state index contributed by atoms with van der Waals surface area (Å²) in [6.45, 7) is 2.17. The van der Waals surface area contributed by atoms with Crippen molar-refractivity contribution in [3.05, 3.63) is 47.7 Å². The summed E-state index contributed by atoms with van der Waals surface area (Å²) in [6.07, 6.45) is -1.68. The summed E-state index contributed by atoms with van der Waals surface area (Å²) in [7, 11) is 3.25. The van der Waals surface area contributed by atoms with Crippen molar-refractivity contribution in [2.45, 2.75) is 31.6 Å². The number of alkyl halides is 3. The smallest absolute Gasteiger partial charge is 0.417 e. The Balaban J connectivity index is 1.52. The third kappa shape index (κ3) is 4.86. The Bertz CT molecular complexity index is 773. The van der Waals surface area contributed by atoms with Crippen LogP contribution in [0.1, 0.15) is 24.0 Å². The zero-order valence-electron chi connectivity index (χ0n) is 15.9. The molecule has 152 valence electrons. The maximum absolute atomic E-state index is 12.7. The summed E-state index contributed by atoms with van der Waals surface area (Å²) >= 11 is 0. The summed E-state index contributed by atoms with van der Waals surface area (Å²) in [5, 5.41) is 3.53. The van der Waals surface area contributed by atoms with Gasteiger partial charge in [-0.3, -0.25) is 0 Å². The van der Waals surface area contributed by atoms with Gasteiger partial charge in [0.25, 0.3) is 0 Å². The largest absolute Gasteiger partial charge is 0.497 e. The van der Waals surface area contributed by atoms with Crippen molar-refractivity contribution in [2.75, 3.05) is 32.2 Å². The molecule has 5 nitrogen and oxygen atoms in total. The second-order valence-electron chi connectivity index (χ2n) is 6.72. The van der Waals surface area contributed by atoms with Crippen molar-refractivity contribution in [1.29, 1.82) is 0 Å². The van der Waals surface area contributed by atoms with Gasteiger partial charge < -0.3 is 19.7 Å². The minimum absolute atomic E-state index is 0.331. The lowest BCUT2D eigenvalue weighted by molar-refractivity contribution is -0.137. The van der Waals surface area contributed by atoms with E-state index in [1.807, 2.05) is 23.1 Å². The van der Waals surface area contributed by atoms with Crippen molar-refractivity contribution in [3.63, 3.8) is 0 Å². The van der Waals surface area contributed by atoms with Gasteiger partial charge in [-0.25, -0.2) is 4.98 Å². The predicted molar refractivity (Wildman–Crippen MR) is 101 cm³/mol. The van der Waals surface area contributed by atoms with Gasteiger partial charge in [0, 0.05) is 43.5 Å². The molecule has 0 unspecified atom stereocenters. The SMILES string of the molecule is COc1ccc(CNC2CCN(c3ccc(C(F)(F)F)cn3)CC2)c(OC)c1. The van der Waals surface area contributed by atoms with Gasteiger partial charge >= 0.3 is 6.18 Å². The second kappa shape index (κ2) is 8.68. The maximum atomic E-state index is 12.7. The van der Waals surface area contributed by atoms with E-state index in [1.165, 1.54) is 6.07 Å². The van der Waals surface area contributed by atoms with Crippen LogP contribution in [-0.2, 0) is 12.7 Å². The number of nitrogens with zero attached hydrogens (tertiary/aromatic N) is 2. The lowest BCUT2D eigenvalue weighted by atomic mass is 10.0. The van der Waals surface area contributed by atoms with Crippen LogP contribution in [0.3, 0.4) is 0 Å². The predicted octanol–water partition coefficient (Wildman–Crippen LogP) is 3.88. The quantitative estimate of drug-likeness (QED) is 0.805. The van der Waals surface area contributed by atoms with E-state index in [0.717, 1.165) is 55.3 Å². The van der Waals surface area contributed by atoms with Gasteiger partial charge in [0.15, 0.2) is 0 Å². The van der Waals surface area contributed by atoms with Gasteiger partial charge in [0.05, 0.1) is 19.8 Å². The number of aromatic nitrogens is 1. The molecule has 1 aromatic carbocycles. The topological polar surface area (TPSA) is 46.6 Å². The Morgan fingerprint density at radius 1 is 1.11 bits per heavy atom. The molecular formula is C20H24F3N3O2. The molecule has 1 N–H and O–H groups in total. The van der Waals surface area contributed by atoms with Crippen molar-refractivity contribution >= 4 is 5.82 Å². The summed E-state index contributed by atoms with van der Waals surface area (Å²) in [6, 6.07) is 8.60. The summed E-state index contributed by atoms with van der Waals surface area (Å²) < 4.78 is 48.6. The second-order valence-corrected chi connectivity index (χ2v) is 6.72. The Kier molecular flexibility index (Phi) is 6.28. The molecule has 1 aliphatic rings. The van der Waals surface area contributed by atoms with Gasteiger partial charge in [-0.2, -0.15) is 13.2 Å². The number of methoxy groups -OCH3 is 2. The van der Waals surface area contributed by atoms with Crippen LogP contribution in [0.25, 0.3) is 0 Å². The number of ether oxygens (including phenoxy) is 2. The fourth-order valence-corrected chi connectivity index (χ4v) is 3.31. The third-order valence-electron chi connectivity index (χ3n) is 4.97. The Labute approximate surface area is 162 Å². The van der Waals surface area contributed by atoms with E-state index in [9.17, 15) is 13.2 Å².